The summed E-state index contributed by atoms with van der Waals surface area (Å²) in [5.41, 5.74) is 3.81. The van der Waals surface area contributed by atoms with Crippen molar-refractivity contribution in [3.63, 3.8) is 0 Å². The predicted molar refractivity (Wildman–Crippen MR) is 152 cm³/mol. The Hall–Kier alpha value is -2.99. The maximum absolute atomic E-state index is 13.9. The Balaban J connectivity index is 1.32. The third-order valence-corrected chi connectivity index (χ3v) is 8.35. The molecule has 2 saturated heterocycles. The van der Waals surface area contributed by atoms with Crippen LogP contribution >= 0.6 is 0 Å². The van der Waals surface area contributed by atoms with Crippen molar-refractivity contribution < 1.29 is 23.5 Å². The van der Waals surface area contributed by atoms with Crippen LogP contribution in [0.2, 0.25) is 0 Å². The van der Waals surface area contributed by atoms with Gasteiger partial charge in [0.05, 0.1) is 36.3 Å². The first kappa shape index (κ1) is 29.5. The Morgan fingerprint density at radius 1 is 1.24 bits per heavy atom. The smallest absolute Gasteiger partial charge is 0.248 e. The Morgan fingerprint density at radius 2 is 2.05 bits per heavy atom. The summed E-state index contributed by atoms with van der Waals surface area (Å²) in [4.78, 5) is 32.4. The first-order valence-electron chi connectivity index (χ1n) is 14.3. The second kappa shape index (κ2) is 12.1. The fourth-order valence-electron chi connectivity index (χ4n) is 6.09. The highest BCUT2D eigenvalue weighted by Gasteiger charge is 2.41. The molecule has 2 fully saturated rings. The third kappa shape index (κ3) is 6.58. The van der Waals surface area contributed by atoms with Crippen LogP contribution in [0.1, 0.15) is 43.3 Å². The number of carbonyl (C=O) groups is 2. The number of piperazine rings is 1. The Labute approximate surface area is 241 Å². The van der Waals surface area contributed by atoms with Crippen molar-refractivity contribution in [3.05, 3.63) is 52.6 Å². The predicted octanol–water partition coefficient (Wildman–Crippen LogP) is 1.68. The van der Waals surface area contributed by atoms with E-state index < -0.39 is 0 Å². The van der Waals surface area contributed by atoms with E-state index in [0.29, 0.717) is 45.8 Å². The SMILES string of the molecule is COC[C@@H]1CN(C[C@H]2CN[C@H](C)CN2CC(=O)N2CC(C)(C)c3nnc(Cc4ccc(F)cc4C)cc32)C(=O)CO1. The van der Waals surface area contributed by atoms with Crippen molar-refractivity contribution in [1.82, 2.24) is 25.3 Å². The Morgan fingerprint density at radius 3 is 2.80 bits per heavy atom. The molecule has 0 radical (unpaired) electrons. The van der Waals surface area contributed by atoms with Gasteiger partial charge in [0.15, 0.2) is 0 Å². The molecule has 0 unspecified atom stereocenters. The normalized spacial score (nSPS) is 24.5. The van der Waals surface area contributed by atoms with Gasteiger partial charge in [-0.3, -0.25) is 14.5 Å². The number of nitrogens with zero attached hydrogens (tertiary/aromatic N) is 5. The highest BCUT2D eigenvalue weighted by molar-refractivity contribution is 5.97. The fraction of sp³-hybridized carbons (Fsp3) is 0.600. The quantitative estimate of drug-likeness (QED) is 0.514. The topological polar surface area (TPSA) is 100 Å². The van der Waals surface area contributed by atoms with Crippen LogP contribution < -0.4 is 10.2 Å². The molecule has 1 aromatic heterocycles. The molecular weight excluding hydrogens is 527 g/mol. The van der Waals surface area contributed by atoms with Crippen molar-refractivity contribution in [1.29, 1.82) is 0 Å². The van der Waals surface area contributed by atoms with E-state index in [1.165, 1.54) is 12.1 Å². The summed E-state index contributed by atoms with van der Waals surface area (Å²) >= 11 is 0. The van der Waals surface area contributed by atoms with Gasteiger partial charge in [0.25, 0.3) is 0 Å². The largest absolute Gasteiger partial charge is 0.382 e. The fourth-order valence-corrected chi connectivity index (χ4v) is 6.09. The van der Waals surface area contributed by atoms with Gasteiger partial charge in [-0.2, -0.15) is 10.2 Å². The van der Waals surface area contributed by atoms with E-state index in [2.05, 4.69) is 41.2 Å². The number of halogens is 1. The highest BCUT2D eigenvalue weighted by atomic mass is 19.1. The van der Waals surface area contributed by atoms with Crippen molar-refractivity contribution in [2.75, 3.05) is 64.5 Å². The average molecular weight is 569 g/mol. The number of hydrogen-bond acceptors (Lipinski definition) is 8. The first-order valence-corrected chi connectivity index (χ1v) is 14.3. The summed E-state index contributed by atoms with van der Waals surface area (Å²) < 4.78 is 24.5. The molecule has 3 atom stereocenters. The zero-order valence-corrected chi connectivity index (χ0v) is 24.7. The lowest BCUT2D eigenvalue weighted by Gasteiger charge is -2.43. The minimum atomic E-state index is -0.338. The van der Waals surface area contributed by atoms with Crippen molar-refractivity contribution in [2.24, 2.45) is 0 Å². The van der Waals surface area contributed by atoms with Gasteiger partial charge in [0, 0.05) is 63.8 Å². The molecule has 2 amide bonds. The molecule has 1 N–H and O–H groups in total. The lowest BCUT2D eigenvalue weighted by molar-refractivity contribution is -0.153. The standard InChI is InChI=1S/C30H41FN6O4/c1-19-8-22(31)7-6-21(19)9-23-10-26-29(34-33-23)30(3,4)18-37(26)27(38)15-35-12-20(2)32-11-24(35)13-36-14-25(16-40-5)41-17-28(36)39/h6-8,10,20,24-25,32H,9,11-18H2,1-5H3/t20-,24-,25+/m1/s1. The summed E-state index contributed by atoms with van der Waals surface area (Å²) in [6, 6.07) is 6.91. The number of carbonyl (C=O) groups excluding carboxylic acids is 2. The minimum absolute atomic E-state index is 0.00148. The molecule has 4 heterocycles. The number of aromatic nitrogens is 2. The molecule has 1 aromatic carbocycles. The molecule has 0 spiro atoms. The summed E-state index contributed by atoms with van der Waals surface area (Å²) in [5, 5.41) is 12.5. The van der Waals surface area contributed by atoms with Gasteiger partial charge >= 0.3 is 0 Å². The van der Waals surface area contributed by atoms with Crippen LogP contribution in [0.5, 0.6) is 0 Å². The van der Waals surface area contributed by atoms with Gasteiger partial charge in [-0.05, 0) is 43.2 Å². The zero-order chi connectivity index (χ0) is 29.3. The second-order valence-electron chi connectivity index (χ2n) is 12.3. The highest BCUT2D eigenvalue weighted by Crippen LogP contribution is 2.39. The summed E-state index contributed by atoms with van der Waals surface area (Å²) in [5.74, 6) is -0.309. The number of benzene rings is 1. The molecule has 3 aliphatic heterocycles. The van der Waals surface area contributed by atoms with Crippen LogP contribution in [0, 0.1) is 12.7 Å². The van der Waals surface area contributed by atoms with Gasteiger partial charge in [-0.25, -0.2) is 4.39 Å². The number of fused-ring (bicyclic) bond motifs is 1. The number of rotatable bonds is 8. The molecular formula is C30H41FN6O4. The van der Waals surface area contributed by atoms with E-state index in [1.807, 2.05) is 22.8 Å². The maximum Gasteiger partial charge on any atom is 0.248 e. The Bertz CT molecular complexity index is 1290. The van der Waals surface area contributed by atoms with Crippen LogP contribution in [-0.4, -0.2) is 110 Å². The lowest BCUT2D eigenvalue weighted by Crippen LogP contribution is -2.62. The van der Waals surface area contributed by atoms with E-state index in [9.17, 15) is 14.0 Å². The van der Waals surface area contributed by atoms with Gasteiger partial charge in [-0.1, -0.05) is 19.9 Å². The van der Waals surface area contributed by atoms with Crippen molar-refractivity contribution in [3.8, 4) is 0 Å². The molecule has 11 heteroatoms. The summed E-state index contributed by atoms with van der Waals surface area (Å²) in [7, 11) is 1.63. The van der Waals surface area contributed by atoms with E-state index in [0.717, 1.165) is 28.2 Å². The molecule has 41 heavy (non-hydrogen) atoms. The average Bonchev–Trinajstić information content (AvgIpc) is 3.19. The van der Waals surface area contributed by atoms with Gasteiger partial charge in [0.1, 0.15) is 12.4 Å². The van der Waals surface area contributed by atoms with E-state index in [4.69, 9.17) is 9.47 Å². The molecule has 10 nitrogen and oxygen atoms in total. The first-order chi connectivity index (χ1) is 19.5. The van der Waals surface area contributed by atoms with Gasteiger partial charge in [0.2, 0.25) is 11.8 Å². The number of nitrogens with one attached hydrogen (secondary N) is 1. The molecule has 0 saturated carbocycles. The molecule has 5 rings (SSSR count). The number of anilines is 1. The van der Waals surface area contributed by atoms with E-state index in [-0.39, 0.29) is 54.4 Å². The molecule has 0 aliphatic carbocycles. The van der Waals surface area contributed by atoms with Crippen molar-refractivity contribution >= 4 is 17.5 Å². The second-order valence-corrected chi connectivity index (χ2v) is 12.3. The third-order valence-electron chi connectivity index (χ3n) is 8.35. The van der Waals surface area contributed by atoms with E-state index in [1.54, 1.807) is 13.2 Å². The number of morpholine rings is 1. The number of amides is 2. The van der Waals surface area contributed by atoms with Crippen LogP contribution in [0.15, 0.2) is 24.3 Å². The lowest BCUT2D eigenvalue weighted by atomic mass is 9.91. The molecule has 0 bridgehead atoms. The zero-order valence-electron chi connectivity index (χ0n) is 24.7. The Kier molecular flexibility index (Phi) is 8.70. The van der Waals surface area contributed by atoms with Gasteiger partial charge in [-0.15, -0.1) is 0 Å². The van der Waals surface area contributed by atoms with Gasteiger partial charge < -0.3 is 24.6 Å². The van der Waals surface area contributed by atoms with E-state index >= 15 is 0 Å². The van der Waals surface area contributed by atoms with Crippen LogP contribution in [0.3, 0.4) is 0 Å². The minimum Gasteiger partial charge on any atom is -0.382 e. The monoisotopic (exact) mass is 568 g/mol. The van der Waals surface area contributed by atoms with Crippen LogP contribution in [0.25, 0.3) is 0 Å². The summed E-state index contributed by atoms with van der Waals surface area (Å²) in [6.45, 7) is 11.7. The number of aryl methyl sites for hydroxylation is 1. The van der Waals surface area contributed by atoms with Crippen molar-refractivity contribution in [2.45, 2.75) is 57.7 Å². The van der Waals surface area contributed by atoms with Crippen LogP contribution in [-0.2, 0) is 30.9 Å². The molecule has 222 valence electrons. The number of hydrogen-bond donors (Lipinski definition) is 1. The van der Waals surface area contributed by atoms with Crippen LogP contribution in [0.4, 0.5) is 10.1 Å². The summed E-state index contributed by atoms with van der Waals surface area (Å²) in [6.07, 6.45) is 0.352. The molecule has 3 aliphatic rings. The molecule has 2 aromatic rings. The number of methoxy groups -OCH3 is 1. The maximum atomic E-state index is 13.9. The number of ether oxygens (including phenoxy) is 2.